The van der Waals surface area contributed by atoms with E-state index in [2.05, 4.69) is 26.2 Å². The molecule has 4 nitrogen and oxygen atoms in total. The van der Waals surface area contributed by atoms with Gasteiger partial charge in [-0.2, -0.15) is 0 Å². The number of rotatable bonds is 43. The van der Waals surface area contributed by atoms with Crippen molar-refractivity contribution in [1.29, 1.82) is 0 Å². The van der Waals surface area contributed by atoms with Crippen LogP contribution in [0.4, 0.5) is 0 Å². The van der Waals surface area contributed by atoms with E-state index in [9.17, 15) is 4.79 Å². The molecule has 0 aromatic carbocycles. The second-order valence-electron chi connectivity index (χ2n) is 17.7. The van der Waals surface area contributed by atoms with Crippen LogP contribution in [-0.2, 0) is 4.79 Å². The first-order valence-electron chi connectivity index (χ1n) is 24.8. The van der Waals surface area contributed by atoms with E-state index < -0.39 is 0 Å². The number of hydrogen-bond acceptors (Lipinski definition) is 2. The first-order valence-corrected chi connectivity index (χ1v) is 24.8. The summed E-state index contributed by atoms with van der Waals surface area (Å²) in [5, 5.41) is 3.23. The van der Waals surface area contributed by atoms with Gasteiger partial charge in [-0.15, -0.1) is 0 Å². The number of amides is 1. The molecule has 314 valence electrons. The lowest BCUT2D eigenvalue weighted by atomic mass is 10.0. The average molecular weight is 745 g/mol. The van der Waals surface area contributed by atoms with Crippen LogP contribution in [0.3, 0.4) is 0 Å². The third-order valence-electron chi connectivity index (χ3n) is 12.4. The Bertz CT molecular complexity index is 797. The molecule has 53 heavy (non-hydrogen) atoms. The van der Waals surface area contributed by atoms with Gasteiger partial charge in [0, 0.05) is 12.8 Å². The molecule has 1 heterocycles. The molecule has 1 N–H and O–H groups in total. The fraction of sp³-hybridized carbons (Fsp3) is 0.959. The zero-order valence-electron chi connectivity index (χ0n) is 36.9. The van der Waals surface area contributed by atoms with Crippen molar-refractivity contribution in [1.82, 2.24) is 5.32 Å². The fourth-order valence-corrected chi connectivity index (χ4v) is 8.55. The van der Waals surface area contributed by atoms with E-state index in [-0.39, 0.29) is 5.91 Å². The largest absolute Gasteiger partial charge is 0.350 e. The van der Waals surface area contributed by atoms with Crippen molar-refractivity contribution < 1.29 is 9.28 Å². The maximum absolute atomic E-state index is 12.5. The predicted octanol–water partition coefficient (Wildman–Crippen LogP) is 15.6. The van der Waals surface area contributed by atoms with Gasteiger partial charge >= 0.3 is 0 Å². The van der Waals surface area contributed by atoms with Crippen LogP contribution < -0.4 is 5.32 Å². The summed E-state index contributed by atoms with van der Waals surface area (Å²) in [6.45, 7) is 8.43. The monoisotopic (exact) mass is 745 g/mol. The van der Waals surface area contributed by atoms with E-state index in [4.69, 9.17) is 4.99 Å². The van der Waals surface area contributed by atoms with Crippen molar-refractivity contribution in [2.75, 3.05) is 33.2 Å². The van der Waals surface area contributed by atoms with Gasteiger partial charge in [0.1, 0.15) is 13.1 Å². The van der Waals surface area contributed by atoms with Gasteiger partial charge in [-0.05, 0) is 12.8 Å². The molecule has 4 heteroatoms. The number of carbonyl (C=O) groups is 1. The van der Waals surface area contributed by atoms with Crippen molar-refractivity contribution >= 4 is 11.7 Å². The average Bonchev–Trinajstić information content (AvgIpc) is 3.52. The van der Waals surface area contributed by atoms with Crippen LogP contribution >= 0.6 is 0 Å². The van der Waals surface area contributed by atoms with Gasteiger partial charge in [0.05, 0.1) is 20.1 Å². The molecular weight excluding hydrogens is 647 g/mol. The highest BCUT2D eigenvalue weighted by molar-refractivity contribution is 5.77. The topological polar surface area (TPSA) is 41.5 Å². The maximum Gasteiger partial charge on any atom is 0.220 e. The van der Waals surface area contributed by atoms with Crippen molar-refractivity contribution in [3.63, 3.8) is 0 Å². The van der Waals surface area contributed by atoms with Gasteiger partial charge in [-0.3, -0.25) is 9.28 Å². The summed E-state index contributed by atoms with van der Waals surface area (Å²) < 4.78 is 0.943. The van der Waals surface area contributed by atoms with Gasteiger partial charge in [0.2, 0.25) is 5.91 Å². The summed E-state index contributed by atoms with van der Waals surface area (Å²) >= 11 is 0. The molecule has 0 saturated carbocycles. The molecule has 1 unspecified atom stereocenters. The molecule has 0 aromatic heterocycles. The van der Waals surface area contributed by atoms with Crippen molar-refractivity contribution in [2.45, 2.75) is 271 Å². The molecule has 0 aliphatic carbocycles. The van der Waals surface area contributed by atoms with Crippen LogP contribution in [0.1, 0.15) is 271 Å². The van der Waals surface area contributed by atoms with Crippen LogP contribution in [0, 0.1) is 0 Å². The fourth-order valence-electron chi connectivity index (χ4n) is 8.55. The highest BCUT2D eigenvalue weighted by Crippen LogP contribution is 2.19. The first kappa shape index (κ1) is 50.1. The number of carbonyl (C=O) groups excluding carboxylic acids is 1. The zero-order chi connectivity index (χ0) is 38.2. The van der Waals surface area contributed by atoms with Gasteiger partial charge in [-0.1, -0.05) is 245 Å². The molecule has 0 radical (unpaired) electrons. The molecule has 0 spiro atoms. The Morgan fingerprint density at radius 2 is 0.774 bits per heavy atom. The van der Waals surface area contributed by atoms with E-state index in [0.717, 1.165) is 43.5 Å². The summed E-state index contributed by atoms with van der Waals surface area (Å²) in [6, 6.07) is 0. The van der Waals surface area contributed by atoms with E-state index in [1.807, 2.05) is 0 Å². The molecule has 1 atom stereocenters. The Balaban J connectivity index is 1.85. The predicted molar refractivity (Wildman–Crippen MR) is 237 cm³/mol. The van der Waals surface area contributed by atoms with E-state index in [1.165, 1.54) is 243 Å². The minimum absolute atomic E-state index is 0.250. The number of nitrogens with one attached hydrogen (secondary N) is 1. The Hall–Kier alpha value is -0.900. The summed E-state index contributed by atoms with van der Waals surface area (Å²) in [6.07, 6.45) is 55.3. The van der Waals surface area contributed by atoms with Crippen LogP contribution in [0.15, 0.2) is 4.99 Å². The molecule has 1 amide bonds. The molecule has 0 aromatic rings. The molecule has 0 saturated heterocycles. The second-order valence-corrected chi connectivity index (χ2v) is 17.7. The van der Waals surface area contributed by atoms with Crippen LogP contribution in [-0.4, -0.2) is 49.5 Å². The summed E-state index contributed by atoms with van der Waals surface area (Å²) in [4.78, 5) is 17.4. The first-order chi connectivity index (χ1) is 26.1. The molecule has 0 fully saturated rings. The Labute approximate surface area is 334 Å². The van der Waals surface area contributed by atoms with E-state index >= 15 is 0 Å². The number of aliphatic imine (C=N–C) groups is 1. The maximum atomic E-state index is 12.5. The van der Waals surface area contributed by atoms with Crippen molar-refractivity contribution in [3.8, 4) is 0 Å². The summed E-state index contributed by atoms with van der Waals surface area (Å²) in [5.41, 5.74) is 0. The second kappa shape index (κ2) is 39.3. The number of amidine groups is 1. The minimum Gasteiger partial charge on any atom is -0.350 e. The van der Waals surface area contributed by atoms with Crippen molar-refractivity contribution in [3.05, 3.63) is 0 Å². The quantitative estimate of drug-likeness (QED) is 0.0490. The summed E-state index contributed by atoms with van der Waals surface area (Å²) in [5.74, 6) is 1.63. The smallest absolute Gasteiger partial charge is 0.220 e. The molecule has 1 rings (SSSR count). The molecule has 0 bridgehead atoms. The molecule has 1 aliphatic heterocycles. The lowest BCUT2D eigenvalue weighted by Crippen LogP contribution is -2.51. The van der Waals surface area contributed by atoms with Gasteiger partial charge in [-0.25, -0.2) is 4.99 Å². The number of unbranched alkanes of at least 4 members (excludes halogenated alkanes) is 36. The van der Waals surface area contributed by atoms with Crippen LogP contribution in [0.5, 0.6) is 0 Å². The Morgan fingerprint density at radius 3 is 1.11 bits per heavy atom. The van der Waals surface area contributed by atoms with Gasteiger partial charge in [0.15, 0.2) is 5.84 Å². The van der Waals surface area contributed by atoms with Crippen LogP contribution in [0.25, 0.3) is 0 Å². The minimum atomic E-state index is 0.250. The highest BCUT2D eigenvalue weighted by Gasteiger charge is 2.32. The Morgan fingerprint density at radius 1 is 0.472 bits per heavy atom. The van der Waals surface area contributed by atoms with E-state index in [0.29, 0.717) is 6.42 Å². The number of hydrogen-bond donors (Lipinski definition) is 1. The molecule has 1 aliphatic rings. The number of nitrogens with zero attached hydrogens (tertiary/aromatic N) is 2. The van der Waals surface area contributed by atoms with Crippen molar-refractivity contribution in [2.24, 2.45) is 4.99 Å². The molecular formula is C49H98N3O+. The standard InChI is InChI=1S/C49H97N3O/c1-4-6-8-10-12-14-16-18-20-22-24-26-28-30-32-34-36-38-40-42-48-50-44-46-52(48,3)47-45-51-49(53)43-41-39-37-35-33-31-29-27-25-23-21-19-17-15-13-11-9-7-5-2/h4-47H2,1-3H3/p+1. The van der Waals surface area contributed by atoms with Gasteiger partial charge in [0.25, 0.3) is 0 Å². The zero-order valence-corrected chi connectivity index (χ0v) is 36.9. The van der Waals surface area contributed by atoms with Crippen LogP contribution in [0.2, 0.25) is 0 Å². The lowest BCUT2D eigenvalue weighted by molar-refractivity contribution is -0.814. The normalized spacial score (nSPS) is 15.7. The van der Waals surface area contributed by atoms with Gasteiger partial charge < -0.3 is 5.32 Å². The Kier molecular flexibility index (Phi) is 37.2. The SMILES string of the molecule is CCCCCCCCCCCCCCCCCCCCCC(=O)NCC[N+]1(C)CCN=C1CCCCCCCCCCCCCCCCCCCCC. The summed E-state index contributed by atoms with van der Waals surface area (Å²) in [7, 11) is 2.34. The lowest BCUT2D eigenvalue weighted by Gasteiger charge is -2.30. The van der Waals surface area contributed by atoms with E-state index in [1.54, 1.807) is 0 Å². The highest BCUT2D eigenvalue weighted by atomic mass is 16.1. The number of likely N-dealkylation sites (N-methyl/N-ethyl adjacent to an activating group) is 1. The third-order valence-corrected chi connectivity index (χ3v) is 12.4. The third kappa shape index (κ3) is 33.0. The number of quaternary nitrogens is 1.